The van der Waals surface area contributed by atoms with Crippen LogP contribution in [-0.2, 0) is 4.74 Å². The van der Waals surface area contributed by atoms with Gasteiger partial charge >= 0.3 is 0 Å². The maximum Gasteiger partial charge on any atom is 0.0918 e. The Labute approximate surface area is 113 Å². The SMILES string of the molecule is Cc1cccc(C(CI)OC(C)C(C)C)c1. The first-order valence-corrected chi connectivity index (χ1v) is 7.35. The minimum Gasteiger partial charge on any atom is -0.370 e. The van der Waals surface area contributed by atoms with E-state index < -0.39 is 0 Å². The predicted molar refractivity (Wildman–Crippen MR) is 78.2 cm³/mol. The molecule has 0 N–H and O–H groups in total. The van der Waals surface area contributed by atoms with Crippen molar-refractivity contribution in [1.29, 1.82) is 0 Å². The number of benzene rings is 1. The molecule has 0 bridgehead atoms. The third-order valence-corrected chi connectivity index (χ3v) is 3.67. The Kier molecular flexibility index (Phi) is 5.76. The molecule has 0 aliphatic heterocycles. The van der Waals surface area contributed by atoms with Gasteiger partial charge in [0.25, 0.3) is 0 Å². The summed E-state index contributed by atoms with van der Waals surface area (Å²) in [6, 6.07) is 8.60. The summed E-state index contributed by atoms with van der Waals surface area (Å²) in [5, 5.41) is 0. The van der Waals surface area contributed by atoms with Crippen molar-refractivity contribution < 1.29 is 4.74 Å². The summed E-state index contributed by atoms with van der Waals surface area (Å²) in [6.45, 7) is 8.68. The Hall–Kier alpha value is -0.0900. The highest BCUT2D eigenvalue weighted by Gasteiger charge is 2.16. The average Bonchev–Trinajstić information content (AvgIpc) is 2.25. The Morgan fingerprint density at radius 1 is 1.25 bits per heavy atom. The van der Waals surface area contributed by atoms with Gasteiger partial charge in [-0.25, -0.2) is 0 Å². The van der Waals surface area contributed by atoms with Gasteiger partial charge in [0.15, 0.2) is 0 Å². The first-order chi connectivity index (χ1) is 7.54. The zero-order chi connectivity index (χ0) is 12.1. The van der Waals surface area contributed by atoms with Gasteiger partial charge in [0.2, 0.25) is 0 Å². The molecule has 0 fully saturated rings. The van der Waals surface area contributed by atoms with Crippen molar-refractivity contribution in [1.82, 2.24) is 0 Å². The zero-order valence-corrected chi connectivity index (χ0v) is 12.7. The molecule has 2 heteroatoms. The molecule has 0 amide bonds. The third kappa shape index (κ3) is 4.06. The highest BCUT2D eigenvalue weighted by atomic mass is 127. The molecule has 90 valence electrons. The molecule has 0 aliphatic carbocycles. The monoisotopic (exact) mass is 332 g/mol. The summed E-state index contributed by atoms with van der Waals surface area (Å²) in [4.78, 5) is 0. The summed E-state index contributed by atoms with van der Waals surface area (Å²) in [6.07, 6.45) is 0.526. The van der Waals surface area contributed by atoms with E-state index in [-0.39, 0.29) is 6.10 Å². The molecule has 16 heavy (non-hydrogen) atoms. The fourth-order valence-electron chi connectivity index (χ4n) is 1.49. The van der Waals surface area contributed by atoms with Gasteiger partial charge in [-0.1, -0.05) is 66.3 Å². The van der Waals surface area contributed by atoms with Crippen molar-refractivity contribution in [3.05, 3.63) is 35.4 Å². The van der Waals surface area contributed by atoms with Crippen LogP contribution >= 0.6 is 22.6 Å². The van der Waals surface area contributed by atoms with E-state index in [9.17, 15) is 0 Å². The van der Waals surface area contributed by atoms with E-state index >= 15 is 0 Å². The van der Waals surface area contributed by atoms with Crippen molar-refractivity contribution >= 4 is 22.6 Å². The van der Waals surface area contributed by atoms with Gasteiger partial charge < -0.3 is 4.74 Å². The molecule has 0 heterocycles. The molecule has 1 aromatic carbocycles. The van der Waals surface area contributed by atoms with Crippen LogP contribution in [0.25, 0.3) is 0 Å². The van der Waals surface area contributed by atoms with Crippen molar-refractivity contribution in [3.8, 4) is 0 Å². The summed E-state index contributed by atoms with van der Waals surface area (Å²) < 4.78 is 7.09. The lowest BCUT2D eigenvalue weighted by Gasteiger charge is -2.24. The van der Waals surface area contributed by atoms with E-state index in [1.165, 1.54) is 11.1 Å². The van der Waals surface area contributed by atoms with Gasteiger partial charge in [-0.3, -0.25) is 0 Å². The highest BCUT2D eigenvalue weighted by Crippen LogP contribution is 2.24. The number of rotatable bonds is 5. The summed E-state index contributed by atoms with van der Waals surface area (Å²) in [5.74, 6) is 0.565. The first-order valence-electron chi connectivity index (χ1n) is 5.82. The number of halogens is 1. The molecule has 0 spiro atoms. The summed E-state index contributed by atoms with van der Waals surface area (Å²) in [5.41, 5.74) is 2.59. The Morgan fingerprint density at radius 2 is 1.94 bits per heavy atom. The van der Waals surface area contributed by atoms with Crippen molar-refractivity contribution in [2.45, 2.75) is 39.9 Å². The predicted octanol–water partition coefficient (Wildman–Crippen LogP) is 4.53. The zero-order valence-electron chi connectivity index (χ0n) is 10.5. The summed E-state index contributed by atoms with van der Waals surface area (Å²) >= 11 is 2.40. The molecule has 0 aromatic heterocycles. The average molecular weight is 332 g/mol. The number of alkyl halides is 1. The van der Waals surface area contributed by atoms with Gasteiger partial charge in [0.1, 0.15) is 0 Å². The molecule has 0 saturated heterocycles. The fraction of sp³-hybridized carbons (Fsp3) is 0.571. The lowest BCUT2D eigenvalue weighted by molar-refractivity contribution is -0.0134. The van der Waals surface area contributed by atoms with E-state index in [2.05, 4.69) is 74.6 Å². The number of ether oxygens (including phenoxy) is 1. The smallest absolute Gasteiger partial charge is 0.0918 e. The lowest BCUT2D eigenvalue weighted by Crippen LogP contribution is -2.19. The van der Waals surface area contributed by atoms with Crippen LogP contribution in [0, 0.1) is 12.8 Å². The van der Waals surface area contributed by atoms with Crippen molar-refractivity contribution in [2.75, 3.05) is 4.43 Å². The van der Waals surface area contributed by atoms with Gasteiger partial charge in [0.05, 0.1) is 12.2 Å². The quantitative estimate of drug-likeness (QED) is 0.568. The Morgan fingerprint density at radius 3 is 2.44 bits per heavy atom. The molecule has 1 nitrogen and oxygen atoms in total. The topological polar surface area (TPSA) is 9.23 Å². The van der Waals surface area contributed by atoms with E-state index in [0.29, 0.717) is 12.0 Å². The first kappa shape index (κ1) is 14.0. The van der Waals surface area contributed by atoms with Gasteiger partial charge in [0, 0.05) is 4.43 Å². The van der Waals surface area contributed by atoms with Crippen LogP contribution in [0.3, 0.4) is 0 Å². The number of hydrogen-bond acceptors (Lipinski definition) is 1. The minimum atomic E-state index is 0.220. The molecular formula is C14H21IO. The largest absolute Gasteiger partial charge is 0.370 e. The normalized spacial score (nSPS) is 15.1. The van der Waals surface area contributed by atoms with E-state index in [1.54, 1.807) is 0 Å². The van der Waals surface area contributed by atoms with Crippen LogP contribution in [-0.4, -0.2) is 10.5 Å². The molecule has 1 aromatic rings. The van der Waals surface area contributed by atoms with Gasteiger partial charge in [-0.15, -0.1) is 0 Å². The highest BCUT2D eigenvalue weighted by molar-refractivity contribution is 14.1. The Bertz CT molecular complexity index is 322. The van der Waals surface area contributed by atoms with E-state index in [4.69, 9.17) is 4.74 Å². The second kappa shape index (κ2) is 6.60. The maximum absolute atomic E-state index is 6.09. The van der Waals surface area contributed by atoms with E-state index in [1.807, 2.05) is 0 Å². The van der Waals surface area contributed by atoms with Crippen LogP contribution in [0.1, 0.15) is 38.0 Å². The Balaban J connectivity index is 2.74. The van der Waals surface area contributed by atoms with Gasteiger partial charge in [-0.2, -0.15) is 0 Å². The van der Waals surface area contributed by atoms with Crippen LogP contribution in [0.2, 0.25) is 0 Å². The van der Waals surface area contributed by atoms with Crippen molar-refractivity contribution in [2.24, 2.45) is 5.92 Å². The van der Waals surface area contributed by atoms with Crippen LogP contribution in [0.5, 0.6) is 0 Å². The van der Waals surface area contributed by atoms with Crippen molar-refractivity contribution in [3.63, 3.8) is 0 Å². The molecule has 0 radical (unpaired) electrons. The molecule has 0 aliphatic rings. The molecule has 2 unspecified atom stereocenters. The molecule has 2 atom stereocenters. The van der Waals surface area contributed by atoms with E-state index in [0.717, 1.165) is 4.43 Å². The number of hydrogen-bond donors (Lipinski definition) is 0. The molecule has 1 rings (SSSR count). The molecular weight excluding hydrogens is 311 g/mol. The van der Waals surface area contributed by atoms with Crippen LogP contribution in [0.4, 0.5) is 0 Å². The number of aryl methyl sites for hydroxylation is 1. The standard InChI is InChI=1S/C14H21IO/c1-10(2)12(4)16-14(9-15)13-7-5-6-11(3)8-13/h5-8,10,12,14H,9H2,1-4H3. The van der Waals surface area contributed by atoms with Crippen LogP contribution < -0.4 is 0 Å². The van der Waals surface area contributed by atoms with Crippen LogP contribution in [0.15, 0.2) is 24.3 Å². The maximum atomic E-state index is 6.09. The molecule has 0 saturated carbocycles. The second-order valence-corrected chi connectivity index (χ2v) is 5.52. The summed E-state index contributed by atoms with van der Waals surface area (Å²) in [7, 11) is 0. The lowest BCUT2D eigenvalue weighted by atomic mass is 10.1. The second-order valence-electron chi connectivity index (χ2n) is 4.64. The third-order valence-electron chi connectivity index (χ3n) is 2.87. The van der Waals surface area contributed by atoms with Gasteiger partial charge in [-0.05, 0) is 25.3 Å². The minimum absolute atomic E-state index is 0.220. The fourth-order valence-corrected chi connectivity index (χ4v) is 2.21.